The largest absolute Gasteiger partial charge is 0.402 e. The van der Waals surface area contributed by atoms with Crippen molar-refractivity contribution in [1.82, 2.24) is 9.80 Å². The summed E-state index contributed by atoms with van der Waals surface area (Å²) in [5, 5.41) is 9.14. The van der Waals surface area contributed by atoms with E-state index >= 15 is 0 Å². The second kappa shape index (κ2) is 8.09. The van der Waals surface area contributed by atoms with E-state index in [4.69, 9.17) is 5.11 Å². The Kier molecular flexibility index (Phi) is 5.69. The standard InChI is InChI=1S/C23H27F3N2O/c24-23(25,26)22(18-6-2-1-3-7-18)11-10-21(19-8-4-5-9-20(19)22)28-14-12-27(13-15-28)16-17-29/h1-9,21,29H,10-17H2/t21-,22-/m0/s1. The average molecular weight is 404 g/mol. The van der Waals surface area contributed by atoms with Gasteiger partial charge in [-0.25, -0.2) is 0 Å². The molecule has 0 unspecified atom stereocenters. The SMILES string of the molecule is OCCN1CCN([C@H]2CC[C@@](c3ccccc3)(C(F)(F)F)c3ccccc32)CC1. The van der Waals surface area contributed by atoms with E-state index in [1.165, 1.54) is 0 Å². The van der Waals surface area contributed by atoms with Crippen LogP contribution in [0.25, 0.3) is 0 Å². The van der Waals surface area contributed by atoms with Crippen LogP contribution in [0.15, 0.2) is 54.6 Å². The molecule has 0 radical (unpaired) electrons. The fourth-order valence-corrected chi connectivity index (χ4v) is 5.12. The van der Waals surface area contributed by atoms with Crippen LogP contribution in [0.3, 0.4) is 0 Å². The maximum atomic E-state index is 14.6. The van der Waals surface area contributed by atoms with Crippen LogP contribution < -0.4 is 0 Å². The number of alkyl halides is 3. The van der Waals surface area contributed by atoms with Crippen molar-refractivity contribution >= 4 is 0 Å². The van der Waals surface area contributed by atoms with E-state index in [1.54, 1.807) is 42.5 Å². The molecule has 3 nitrogen and oxygen atoms in total. The number of benzene rings is 2. The molecule has 6 heteroatoms. The van der Waals surface area contributed by atoms with E-state index in [0.29, 0.717) is 24.1 Å². The molecular weight excluding hydrogens is 377 g/mol. The molecule has 29 heavy (non-hydrogen) atoms. The van der Waals surface area contributed by atoms with Crippen LogP contribution in [0.5, 0.6) is 0 Å². The molecule has 2 atom stereocenters. The Hall–Kier alpha value is -1.89. The highest BCUT2D eigenvalue weighted by molar-refractivity contribution is 5.49. The Labute approximate surface area is 169 Å². The molecule has 0 bridgehead atoms. The Balaban J connectivity index is 1.72. The molecule has 2 aromatic rings. The van der Waals surface area contributed by atoms with Crippen LogP contribution in [-0.4, -0.2) is 60.4 Å². The van der Waals surface area contributed by atoms with Crippen molar-refractivity contribution < 1.29 is 18.3 Å². The maximum Gasteiger partial charge on any atom is 0.402 e. The minimum atomic E-state index is -4.37. The summed E-state index contributed by atoms with van der Waals surface area (Å²) in [7, 11) is 0. The molecule has 156 valence electrons. The van der Waals surface area contributed by atoms with Crippen LogP contribution in [0.2, 0.25) is 0 Å². The molecule has 0 spiro atoms. The molecule has 1 fully saturated rings. The van der Waals surface area contributed by atoms with E-state index in [1.807, 2.05) is 12.1 Å². The first-order chi connectivity index (χ1) is 14.0. The average Bonchev–Trinajstić information content (AvgIpc) is 2.74. The highest BCUT2D eigenvalue weighted by atomic mass is 19.4. The number of fused-ring (bicyclic) bond motifs is 1. The van der Waals surface area contributed by atoms with E-state index in [9.17, 15) is 13.2 Å². The van der Waals surface area contributed by atoms with E-state index in [-0.39, 0.29) is 19.1 Å². The Morgan fingerprint density at radius 1 is 0.931 bits per heavy atom. The van der Waals surface area contributed by atoms with Gasteiger partial charge in [-0.3, -0.25) is 9.80 Å². The number of hydrogen-bond donors (Lipinski definition) is 1. The normalized spacial score (nSPS) is 26.3. The molecule has 1 aliphatic carbocycles. The van der Waals surface area contributed by atoms with Gasteiger partial charge in [0.1, 0.15) is 5.41 Å². The van der Waals surface area contributed by atoms with Crippen molar-refractivity contribution in [2.24, 2.45) is 0 Å². The van der Waals surface area contributed by atoms with Crippen LogP contribution in [-0.2, 0) is 5.41 Å². The van der Waals surface area contributed by atoms with Gasteiger partial charge in [-0.15, -0.1) is 0 Å². The summed E-state index contributed by atoms with van der Waals surface area (Å²) >= 11 is 0. The first kappa shape index (κ1) is 20.4. The summed E-state index contributed by atoms with van der Waals surface area (Å²) in [6.45, 7) is 4.08. The molecule has 1 N–H and O–H groups in total. The van der Waals surface area contributed by atoms with Gasteiger partial charge < -0.3 is 5.11 Å². The summed E-state index contributed by atoms with van der Waals surface area (Å²) < 4.78 is 43.9. The van der Waals surface area contributed by atoms with Gasteiger partial charge >= 0.3 is 6.18 Å². The molecule has 2 aromatic carbocycles. The molecular formula is C23H27F3N2O. The molecule has 0 saturated carbocycles. The quantitative estimate of drug-likeness (QED) is 0.835. The number of piperazine rings is 1. The van der Waals surface area contributed by atoms with Gasteiger partial charge in [0.2, 0.25) is 0 Å². The van der Waals surface area contributed by atoms with Crippen LogP contribution >= 0.6 is 0 Å². The molecule has 1 aliphatic heterocycles. The van der Waals surface area contributed by atoms with E-state index in [2.05, 4.69) is 9.80 Å². The molecule has 2 aliphatic rings. The summed E-state index contributed by atoms with van der Waals surface area (Å²) in [4.78, 5) is 4.52. The lowest BCUT2D eigenvalue weighted by atomic mass is 9.64. The predicted octanol–water partition coefficient (Wildman–Crippen LogP) is 3.98. The number of aliphatic hydroxyl groups excluding tert-OH is 1. The highest BCUT2D eigenvalue weighted by Gasteiger charge is 2.59. The number of β-amino-alcohol motifs (C(OH)–C–C–N with tert-alkyl or cyclic N) is 1. The molecule has 1 saturated heterocycles. The van der Waals surface area contributed by atoms with Crippen molar-refractivity contribution in [3.8, 4) is 0 Å². The third-order valence-corrected chi connectivity index (χ3v) is 6.59. The van der Waals surface area contributed by atoms with Gasteiger partial charge in [0.25, 0.3) is 0 Å². The Bertz CT molecular complexity index is 818. The number of aliphatic hydroxyl groups is 1. The number of halogens is 3. The summed E-state index contributed by atoms with van der Waals surface area (Å²) in [6, 6.07) is 15.5. The minimum Gasteiger partial charge on any atom is -0.395 e. The van der Waals surface area contributed by atoms with Gasteiger partial charge in [0.05, 0.1) is 6.61 Å². The summed E-state index contributed by atoms with van der Waals surface area (Å²) in [5.74, 6) is 0. The smallest absolute Gasteiger partial charge is 0.395 e. The van der Waals surface area contributed by atoms with Gasteiger partial charge in [0.15, 0.2) is 0 Å². The lowest BCUT2D eigenvalue weighted by molar-refractivity contribution is -0.183. The van der Waals surface area contributed by atoms with Crippen molar-refractivity contribution in [3.05, 3.63) is 71.3 Å². The van der Waals surface area contributed by atoms with Gasteiger partial charge in [0, 0.05) is 38.8 Å². The van der Waals surface area contributed by atoms with Gasteiger partial charge in [-0.05, 0) is 29.5 Å². The zero-order valence-corrected chi connectivity index (χ0v) is 16.4. The summed E-state index contributed by atoms with van der Waals surface area (Å²) in [5.41, 5.74) is -0.436. The second-order valence-corrected chi connectivity index (χ2v) is 8.01. The second-order valence-electron chi connectivity index (χ2n) is 8.01. The van der Waals surface area contributed by atoms with Crippen molar-refractivity contribution in [1.29, 1.82) is 0 Å². The number of hydrogen-bond acceptors (Lipinski definition) is 3. The fraction of sp³-hybridized carbons (Fsp3) is 0.478. The number of rotatable bonds is 4. The number of nitrogens with zero attached hydrogens (tertiary/aromatic N) is 2. The van der Waals surface area contributed by atoms with Crippen molar-refractivity contribution in [2.45, 2.75) is 30.5 Å². The Morgan fingerprint density at radius 2 is 1.59 bits per heavy atom. The van der Waals surface area contributed by atoms with Crippen LogP contribution in [0.4, 0.5) is 13.2 Å². The van der Waals surface area contributed by atoms with Crippen molar-refractivity contribution in [2.75, 3.05) is 39.3 Å². The lowest BCUT2D eigenvalue weighted by Gasteiger charge is -2.47. The third kappa shape index (κ3) is 3.58. The molecule has 0 aromatic heterocycles. The zero-order chi connectivity index (χ0) is 20.5. The van der Waals surface area contributed by atoms with E-state index < -0.39 is 11.6 Å². The maximum absolute atomic E-state index is 14.6. The molecule has 1 heterocycles. The van der Waals surface area contributed by atoms with Crippen LogP contribution in [0.1, 0.15) is 35.6 Å². The zero-order valence-electron chi connectivity index (χ0n) is 16.4. The molecule has 4 rings (SSSR count). The highest BCUT2D eigenvalue weighted by Crippen LogP contribution is 2.55. The first-order valence-corrected chi connectivity index (χ1v) is 10.3. The topological polar surface area (TPSA) is 26.7 Å². The monoisotopic (exact) mass is 404 g/mol. The predicted molar refractivity (Wildman–Crippen MR) is 107 cm³/mol. The first-order valence-electron chi connectivity index (χ1n) is 10.3. The lowest BCUT2D eigenvalue weighted by Crippen LogP contribution is -2.52. The van der Waals surface area contributed by atoms with E-state index in [0.717, 1.165) is 31.7 Å². The minimum absolute atomic E-state index is 0.00154. The third-order valence-electron chi connectivity index (χ3n) is 6.59. The van der Waals surface area contributed by atoms with Gasteiger partial charge in [-0.2, -0.15) is 13.2 Å². The Morgan fingerprint density at radius 3 is 2.24 bits per heavy atom. The summed E-state index contributed by atoms with van der Waals surface area (Å²) in [6.07, 6.45) is -3.83. The van der Waals surface area contributed by atoms with Crippen molar-refractivity contribution in [3.63, 3.8) is 0 Å². The molecule has 0 amide bonds. The van der Waals surface area contributed by atoms with Gasteiger partial charge in [-0.1, -0.05) is 54.6 Å². The van der Waals surface area contributed by atoms with Crippen LogP contribution in [0, 0.1) is 0 Å². The fourth-order valence-electron chi connectivity index (χ4n) is 5.12.